The van der Waals surface area contributed by atoms with Crippen molar-refractivity contribution >= 4 is 72.7 Å². The van der Waals surface area contributed by atoms with E-state index in [-0.39, 0.29) is 0 Å². The predicted molar refractivity (Wildman–Crippen MR) is 259 cm³/mol. The Morgan fingerprint density at radius 1 is 0.381 bits per heavy atom. The van der Waals surface area contributed by atoms with Crippen molar-refractivity contribution < 1.29 is 4.42 Å². The van der Waals surface area contributed by atoms with Crippen molar-refractivity contribution in [1.82, 2.24) is 24.5 Å². The number of rotatable bonds is 8. The lowest BCUT2D eigenvalue weighted by Crippen LogP contribution is -2.74. The summed E-state index contributed by atoms with van der Waals surface area (Å²) in [6, 6.07) is 77.4. The van der Waals surface area contributed by atoms with Crippen LogP contribution in [0.15, 0.2) is 229 Å². The molecule has 0 saturated carbocycles. The first-order valence-corrected chi connectivity index (χ1v) is 23.1. The Balaban J connectivity index is 1.09. The summed E-state index contributed by atoms with van der Waals surface area (Å²) in [5.74, 6) is 1.68. The molecule has 0 fully saturated rings. The molecule has 0 amide bonds. The maximum absolute atomic E-state index is 6.27. The van der Waals surface area contributed by atoms with Crippen LogP contribution in [0.1, 0.15) is 0 Å². The quantitative estimate of drug-likeness (QED) is 0.113. The van der Waals surface area contributed by atoms with Crippen LogP contribution in [0.5, 0.6) is 0 Å². The van der Waals surface area contributed by atoms with Gasteiger partial charge in [0.2, 0.25) is 5.71 Å². The summed E-state index contributed by atoms with van der Waals surface area (Å²) in [6.07, 6.45) is 1.77. The van der Waals surface area contributed by atoms with Crippen LogP contribution in [0.4, 0.5) is 0 Å². The van der Waals surface area contributed by atoms with Crippen molar-refractivity contribution in [2.45, 2.75) is 0 Å². The van der Waals surface area contributed by atoms with E-state index in [1.165, 1.54) is 31.5 Å². The summed E-state index contributed by atoms with van der Waals surface area (Å²) in [6.45, 7) is 0. The number of hydrogen-bond acceptors (Lipinski definition) is 5. The fourth-order valence-electron chi connectivity index (χ4n) is 9.55. The molecular weight excluding hydrogens is 787 g/mol. The van der Waals surface area contributed by atoms with Crippen LogP contribution >= 0.6 is 0 Å². The van der Waals surface area contributed by atoms with Crippen LogP contribution in [0.2, 0.25) is 0 Å². The monoisotopic (exact) mass is 823 g/mol. The van der Waals surface area contributed by atoms with Gasteiger partial charge >= 0.3 is 0 Å². The molecule has 0 saturated heterocycles. The summed E-state index contributed by atoms with van der Waals surface area (Å²) >= 11 is 0. The third kappa shape index (κ3) is 5.93. The predicted octanol–water partition coefficient (Wildman–Crippen LogP) is 10.6. The van der Waals surface area contributed by atoms with Crippen LogP contribution in [0.25, 0.3) is 83.7 Å². The van der Waals surface area contributed by atoms with E-state index in [9.17, 15) is 0 Å². The highest BCUT2D eigenvalue weighted by molar-refractivity contribution is 7.19. The van der Waals surface area contributed by atoms with Gasteiger partial charge in [-0.1, -0.05) is 182 Å². The zero-order chi connectivity index (χ0) is 41.7. The van der Waals surface area contributed by atoms with Crippen molar-refractivity contribution in [3.05, 3.63) is 225 Å². The van der Waals surface area contributed by atoms with Gasteiger partial charge in [0.25, 0.3) is 0 Å². The number of aromatic nitrogens is 5. The molecule has 296 valence electrons. The first-order valence-electron chi connectivity index (χ1n) is 21.1. The average Bonchev–Trinajstić information content (AvgIpc) is 3.91. The van der Waals surface area contributed by atoms with Gasteiger partial charge in [-0.2, -0.15) is 0 Å². The summed E-state index contributed by atoms with van der Waals surface area (Å²) in [5, 5.41) is 9.41. The molecule has 0 unspecified atom stereocenters. The second-order valence-electron chi connectivity index (χ2n) is 15.8. The Morgan fingerprint density at radius 2 is 0.857 bits per heavy atom. The zero-order valence-electron chi connectivity index (χ0n) is 34.0. The van der Waals surface area contributed by atoms with Gasteiger partial charge in [-0.3, -0.25) is 0 Å². The minimum atomic E-state index is -2.76. The molecule has 0 bridgehead atoms. The molecule has 8 aromatic carbocycles. The molecule has 0 aliphatic rings. The van der Waals surface area contributed by atoms with Crippen LogP contribution in [-0.4, -0.2) is 32.6 Å². The molecular formula is C56H37N5OSi. The maximum atomic E-state index is 6.27. The number of para-hydroxylation sites is 4. The molecule has 63 heavy (non-hydrogen) atoms. The highest BCUT2D eigenvalue weighted by Gasteiger charge is 2.41. The second kappa shape index (κ2) is 15.0. The fraction of sp³-hybridized carbons (Fsp3) is 0. The van der Waals surface area contributed by atoms with Crippen LogP contribution < -0.4 is 20.7 Å². The van der Waals surface area contributed by atoms with Gasteiger partial charge in [0.1, 0.15) is 5.58 Å². The molecule has 12 aromatic rings. The Bertz CT molecular complexity index is 3470. The van der Waals surface area contributed by atoms with Crippen LogP contribution in [-0.2, 0) is 0 Å². The van der Waals surface area contributed by atoms with Gasteiger partial charge in [0.05, 0.1) is 22.1 Å². The molecule has 0 aliphatic carbocycles. The summed E-state index contributed by atoms with van der Waals surface area (Å²) in [4.78, 5) is 20.7. The van der Waals surface area contributed by atoms with Crippen molar-refractivity contribution in [1.29, 1.82) is 0 Å². The largest absolute Gasteiger partial charge is 0.438 e. The van der Waals surface area contributed by atoms with Crippen LogP contribution in [0, 0.1) is 0 Å². The lowest BCUT2D eigenvalue weighted by molar-refractivity contribution is 0.654. The summed E-state index contributed by atoms with van der Waals surface area (Å²) in [7, 11) is -2.76. The molecule has 0 spiro atoms. The second-order valence-corrected chi connectivity index (χ2v) is 19.6. The van der Waals surface area contributed by atoms with Crippen molar-refractivity contribution in [3.8, 4) is 39.9 Å². The number of furan rings is 1. The van der Waals surface area contributed by atoms with E-state index in [0.717, 1.165) is 49.8 Å². The number of hydrogen-bond donors (Lipinski definition) is 0. The molecule has 12 rings (SSSR count). The molecule has 0 aliphatic heterocycles. The first-order chi connectivity index (χ1) is 31.3. The van der Waals surface area contributed by atoms with E-state index < -0.39 is 8.07 Å². The molecule has 7 heteroatoms. The fourth-order valence-corrected chi connectivity index (χ4v) is 14.3. The van der Waals surface area contributed by atoms with E-state index in [2.05, 4.69) is 204 Å². The highest BCUT2D eigenvalue weighted by Crippen LogP contribution is 2.38. The van der Waals surface area contributed by atoms with Gasteiger partial charge in [-0.15, -0.1) is 0 Å². The average molecular weight is 824 g/mol. The minimum absolute atomic E-state index is 0.538. The lowest BCUT2D eigenvalue weighted by atomic mass is 10.1. The molecule has 0 radical (unpaired) electrons. The smallest absolute Gasteiger partial charge is 0.228 e. The van der Waals surface area contributed by atoms with Gasteiger partial charge in [-0.25, -0.2) is 19.9 Å². The van der Waals surface area contributed by atoms with E-state index in [0.29, 0.717) is 23.2 Å². The molecule has 0 atom stereocenters. The van der Waals surface area contributed by atoms with E-state index in [4.69, 9.17) is 19.4 Å². The Kier molecular flexibility index (Phi) is 8.72. The van der Waals surface area contributed by atoms with E-state index in [1.54, 1.807) is 6.20 Å². The number of fused-ring (bicyclic) bond motifs is 6. The SMILES string of the molecule is c1ccc([Si](c2ccccc2)(c2ccccc2)c2ccc(-c3nc(-c4ccccc4-n4c5ccccc5c5ccccc54)nc(-c4ccnc5oc6ccccc6c45)n3)cc2)cc1. The molecule has 0 N–H and O–H groups in total. The van der Waals surface area contributed by atoms with Gasteiger partial charge < -0.3 is 8.98 Å². The number of nitrogens with zero attached hydrogens (tertiary/aromatic N) is 5. The Morgan fingerprint density at radius 3 is 1.48 bits per heavy atom. The van der Waals surface area contributed by atoms with Gasteiger partial charge in [-0.05, 0) is 57.1 Å². The minimum Gasteiger partial charge on any atom is -0.438 e. The molecule has 4 aromatic heterocycles. The first kappa shape index (κ1) is 36.6. The Labute approximate surface area is 364 Å². The normalized spacial score (nSPS) is 11.8. The van der Waals surface area contributed by atoms with Crippen molar-refractivity contribution in [3.63, 3.8) is 0 Å². The van der Waals surface area contributed by atoms with E-state index >= 15 is 0 Å². The van der Waals surface area contributed by atoms with Gasteiger partial charge in [0.15, 0.2) is 25.5 Å². The Hall–Kier alpha value is -8.26. The zero-order valence-corrected chi connectivity index (χ0v) is 35.0. The molecule has 4 heterocycles. The summed E-state index contributed by atoms with van der Waals surface area (Å²) < 4.78 is 8.59. The van der Waals surface area contributed by atoms with E-state index in [1.807, 2.05) is 24.3 Å². The lowest BCUT2D eigenvalue weighted by Gasteiger charge is -2.34. The summed E-state index contributed by atoms with van der Waals surface area (Å²) in [5.41, 5.74) is 7.10. The third-order valence-corrected chi connectivity index (χ3v) is 17.1. The number of benzene rings is 8. The van der Waals surface area contributed by atoms with Crippen molar-refractivity contribution in [2.75, 3.05) is 0 Å². The standard InChI is InChI=1S/C56H37N5OSi/c1-4-18-39(19-5-1)63(40-20-6-2-7-21-40,41-22-8-3-9-23-41)42-34-32-38(33-35-42)53-58-54(60-55(59-53)47-36-37-57-56-52(47)46-27-13-17-31-51(46)62-56)45-26-12-16-30-50(45)61-48-28-14-10-24-43(48)44-25-11-15-29-49(44)61/h1-37H. The molecule has 6 nitrogen and oxygen atoms in total. The third-order valence-electron chi connectivity index (χ3n) is 12.3. The number of pyridine rings is 1. The highest BCUT2D eigenvalue weighted by atomic mass is 28.3. The van der Waals surface area contributed by atoms with Crippen molar-refractivity contribution in [2.24, 2.45) is 0 Å². The van der Waals surface area contributed by atoms with Crippen LogP contribution in [0.3, 0.4) is 0 Å². The van der Waals surface area contributed by atoms with Gasteiger partial charge in [0, 0.05) is 39.0 Å². The maximum Gasteiger partial charge on any atom is 0.228 e. The topological polar surface area (TPSA) is 69.6 Å².